The van der Waals surface area contributed by atoms with E-state index in [4.69, 9.17) is 11.6 Å². The molecule has 0 bridgehead atoms. The van der Waals surface area contributed by atoms with Crippen LogP contribution in [0.3, 0.4) is 0 Å². The lowest BCUT2D eigenvalue weighted by atomic mass is 10.2. The van der Waals surface area contributed by atoms with Gasteiger partial charge in [-0.3, -0.25) is 9.00 Å². The van der Waals surface area contributed by atoms with Gasteiger partial charge in [-0.15, -0.1) is 0 Å². The number of amides is 1. The van der Waals surface area contributed by atoms with E-state index < -0.39 is 22.5 Å². The van der Waals surface area contributed by atoms with Gasteiger partial charge in [-0.1, -0.05) is 11.6 Å². The molecule has 1 heterocycles. The van der Waals surface area contributed by atoms with Crippen molar-refractivity contribution in [2.24, 2.45) is 0 Å². The molecule has 0 aliphatic heterocycles. The summed E-state index contributed by atoms with van der Waals surface area (Å²) in [5.41, 5.74) is 0.00397. The monoisotopic (exact) mass is 278 g/mol. The van der Waals surface area contributed by atoms with Crippen molar-refractivity contribution in [2.45, 2.75) is 6.42 Å². The van der Waals surface area contributed by atoms with Crippen LogP contribution in [0.15, 0.2) is 12.3 Å². The molecule has 0 aromatic carbocycles. The highest BCUT2D eigenvalue weighted by Gasteiger charge is 2.11. The Morgan fingerprint density at radius 3 is 3.00 bits per heavy atom. The molecule has 0 aliphatic rings. The van der Waals surface area contributed by atoms with Gasteiger partial charge in [-0.05, 0) is 12.5 Å². The molecule has 1 rings (SSSR count). The van der Waals surface area contributed by atoms with Crippen LogP contribution < -0.4 is 5.32 Å². The summed E-state index contributed by atoms with van der Waals surface area (Å²) in [6, 6.07) is 1.03. The zero-order chi connectivity index (χ0) is 12.8. The molecule has 94 valence electrons. The van der Waals surface area contributed by atoms with Crippen molar-refractivity contribution in [3.05, 3.63) is 28.8 Å². The first-order valence-corrected chi connectivity index (χ1v) is 7.00. The quantitative estimate of drug-likeness (QED) is 0.654. The van der Waals surface area contributed by atoms with Crippen molar-refractivity contribution in [3.8, 4) is 0 Å². The third-order valence-corrected chi connectivity index (χ3v) is 3.11. The zero-order valence-corrected chi connectivity index (χ0v) is 10.8. The van der Waals surface area contributed by atoms with Crippen molar-refractivity contribution >= 4 is 28.3 Å². The molecule has 1 amide bonds. The first kappa shape index (κ1) is 14.1. The van der Waals surface area contributed by atoms with Gasteiger partial charge in [0, 0.05) is 29.4 Å². The first-order valence-electron chi connectivity index (χ1n) is 4.90. The lowest BCUT2D eigenvalue weighted by molar-refractivity contribution is 0.0953. The molecular weight excluding hydrogens is 267 g/mol. The van der Waals surface area contributed by atoms with Crippen LogP contribution >= 0.6 is 11.6 Å². The number of hydrogen-bond donors (Lipinski definition) is 1. The molecular formula is C10H12ClFN2O2S. The van der Waals surface area contributed by atoms with E-state index in [1.165, 1.54) is 0 Å². The standard InChI is InChI=1S/C10H12ClFN2O2S/c1-17(16)4-2-3-13-10(15)8-5-7(12)6-14-9(8)11/h5-6H,2-4H2,1H3,(H,13,15). The van der Waals surface area contributed by atoms with E-state index in [0.717, 1.165) is 12.3 Å². The summed E-state index contributed by atoms with van der Waals surface area (Å²) < 4.78 is 23.6. The van der Waals surface area contributed by atoms with Crippen molar-refractivity contribution in [1.29, 1.82) is 0 Å². The minimum Gasteiger partial charge on any atom is -0.352 e. The number of hydrogen-bond acceptors (Lipinski definition) is 3. The highest BCUT2D eigenvalue weighted by molar-refractivity contribution is 7.84. The fraction of sp³-hybridized carbons (Fsp3) is 0.400. The Balaban J connectivity index is 2.52. The second-order valence-electron chi connectivity index (χ2n) is 3.38. The van der Waals surface area contributed by atoms with E-state index in [1.807, 2.05) is 0 Å². The van der Waals surface area contributed by atoms with Crippen LogP contribution in [-0.4, -0.2) is 33.7 Å². The molecule has 1 N–H and O–H groups in total. The molecule has 0 saturated carbocycles. The van der Waals surface area contributed by atoms with Gasteiger partial charge in [-0.2, -0.15) is 0 Å². The summed E-state index contributed by atoms with van der Waals surface area (Å²) in [6.45, 7) is 0.366. The van der Waals surface area contributed by atoms with E-state index in [1.54, 1.807) is 6.26 Å². The number of carbonyl (C=O) groups is 1. The smallest absolute Gasteiger partial charge is 0.254 e. The largest absolute Gasteiger partial charge is 0.352 e. The Hall–Kier alpha value is -1.01. The lowest BCUT2D eigenvalue weighted by Gasteiger charge is -2.05. The molecule has 0 fully saturated rings. The van der Waals surface area contributed by atoms with Crippen LogP contribution in [0.25, 0.3) is 0 Å². The van der Waals surface area contributed by atoms with Crippen molar-refractivity contribution in [3.63, 3.8) is 0 Å². The number of nitrogens with zero attached hydrogens (tertiary/aromatic N) is 1. The molecule has 0 saturated heterocycles. The van der Waals surface area contributed by atoms with Gasteiger partial charge in [0.1, 0.15) is 11.0 Å². The summed E-state index contributed by atoms with van der Waals surface area (Å²) in [7, 11) is -0.883. The normalized spacial score (nSPS) is 12.2. The number of halogens is 2. The van der Waals surface area contributed by atoms with Gasteiger partial charge in [-0.25, -0.2) is 9.37 Å². The SMILES string of the molecule is CS(=O)CCCNC(=O)c1cc(F)cnc1Cl. The summed E-state index contributed by atoms with van der Waals surface area (Å²) >= 11 is 5.67. The van der Waals surface area contributed by atoms with E-state index >= 15 is 0 Å². The van der Waals surface area contributed by atoms with Crippen LogP contribution in [0, 0.1) is 5.82 Å². The van der Waals surface area contributed by atoms with Crippen molar-refractivity contribution in [1.82, 2.24) is 10.3 Å². The van der Waals surface area contributed by atoms with Crippen LogP contribution in [0.5, 0.6) is 0 Å². The maximum absolute atomic E-state index is 12.9. The average molecular weight is 279 g/mol. The van der Waals surface area contributed by atoms with Gasteiger partial charge >= 0.3 is 0 Å². The molecule has 0 spiro atoms. The second kappa shape index (κ2) is 6.66. The predicted molar refractivity (Wildman–Crippen MR) is 65.1 cm³/mol. The molecule has 17 heavy (non-hydrogen) atoms. The minimum absolute atomic E-state index is 0.00397. The fourth-order valence-corrected chi connectivity index (χ4v) is 1.89. The summed E-state index contributed by atoms with van der Waals surface area (Å²) in [5.74, 6) is -0.590. The molecule has 1 unspecified atom stereocenters. The second-order valence-corrected chi connectivity index (χ2v) is 5.29. The van der Waals surface area contributed by atoms with Crippen molar-refractivity contribution in [2.75, 3.05) is 18.6 Å². The molecule has 7 heteroatoms. The highest BCUT2D eigenvalue weighted by atomic mass is 35.5. The van der Waals surface area contributed by atoms with Gasteiger partial charge < -0.3 is 5.32 Å². The average Bonchev–Trinajstić information content (AvgIpc) is 2.27. The van der Waals surface area contributed by atoms with Crippen LogP contribution in [-0.2, 0) is 10.8 Å². The topological polar surface area (TPSA) is 59.1 Å². The molecule has 4 nitrogen and oxygen atoms in total. The van der Waals surface area contributed by atoms with Gasteiger partial charge in [0.05, 0.1) is 11.8 Å². The van der Waals surface area contributed by atoms with Gasteiger partial charge in [0.25, 0.3) is 5.91 Å². The Bertz CT molecular complexity index is 442. The fourth-order valence-electron chi connectivity index (χ4n) is 1.15. The summed E-state index contributed by atoms with van der Waals surface area (Å²) in [5, 5.41) is 2.52. The van der Waals surface area contributed by atoms with Crippen molar-refractivity contribution < 1.29 is 13.4 Å². The Morgan fingerprint density at radius 1 is 1.65 bits per heavy atom. The molecule has 1 aromatic heterocycles. The van der Waals surface area contributed by atoms with Gasteiger partial charge in [0.2, 0.25) is 0 Å². The number of nitrogens with one attached hydrogen (secondary N) is 1. The Morgan fingerprint density at radius 2 is 2.35 bits per heavy atom. The summed E-state index contributed by atoms with van der Waals surface area (Å²) in [4.78, 5) is 15.1. The number of carbonyl (C=O) groups excluding carboxylic acids is 1. The number of aromatic nitrogens is 1. The highest BCUT2D eigenvalue weighted by Crippen LogP contribution is 2.13. The van der Waals surface area contributed by atoms with E-state index in [-0.39, 0.29) is 10.7 Å². The number of pyridine rings is 1. The lowest BCUT2D eigenvalue weighted by Crippen LogP contribution is -2.26. The molecule has 1 atom stereocenters. The zero-order valence-electron chi connectivity index (χ0n) is 9.20. The summed E-state index contributed by atoms with van der Waals surface area (Å²) in [6.07, 6.45) is 3.13. The molecule has 0 aliphatic carbocycles. The van der Waals surface area contributed by atoms with E-state index in [9.17, 15) is 13.4 Å². The predicted octanol–water partition coefficient (Wildman–Crippen LogP) is 1.37. The van der Waals surface area contributed by atoms with Gasteiger partial charge in [0.15, 0.2) is 0 Å². The Kier molecular flexibility index (Phi) is 5.50. The maximum atomic E-state index is 12.9. The first-order chi connectivity index (χ1) is 8.00. The molecule has 0 radical (unpaired) electrons. The third-order valence-electron chi connectivity index (χ3n) is 1.94. The van der Waals surface area contributed by atoms with Crippen LogP contribution in [0.1, 0.15) is 16.8 Å². The van der Waals surface area contributed by atoms with Crippen LogP contribution in [0.2, 0.25) is 5.15 Å². The Labute approximate surface area is 106 Å². The van der Waals surface area contributed by atoms with E-state index in [2.05, 4.69) is 10.3 Å². The van der Waals surface area contributed by atoms with E-state index in [0.29, 0.717) is 18.7 Å². The number of rotatable bonds is 5. The third kappa shape index (κ3) is 4.79. The maximum Gasteiger partial charge on any atom is 0.254 e. The minimum atomic E-state index is -0.883. The van der Waals surface area contributed by atoms with Crippen LogP contribution in [0.4, 0.5) is 4.39 Å². The molecule has 1 aromatic rings.